The Labute approximate surface area is 147 Å². The third-order valence-corrected chi connectivity index (χ3v) is 4.48. The molecule has 1 amide bonds. The van der Waals surface area contributed by atoms with Crippen LogP contribution in [0.5, 0.6) is 0 Å². The summed E-state index contributed by atoms with van der Waals surface area (Å²) in [5.74, 6) is -0.889. The van der Waals surface area contributed by atoms with Crippen LogP contribution in [0.15, 0.2) is 42.5 Å². The highest BCUT2D eigenvalue weighted by Crippen LogP contribution is 2.32. The van der Waals surface area contributed by atoms with E-state index < -0.39 is 29.6 Å². The number of carbonyl (C=O) groups is 1. The molecule has 7 heteroatoms. The molecule has 1 aliphatic heterocycles. The Balaban J connectivity index is 1.67. The van der Waals surface area contributed by atoms with E-state index in [0.717, 1.165) is 12.1 Å². The van der Waals surface area contributed by atoms with Crippen molar-refractivity contribution >= 4 is 5.91 Å². The van der Waals surface area contributed by atoms with E-state index in [4.69, 9.17) is 0 Å². The molecule has 0 aliphatic carbocycles. The van der Waals surface area contributed by atoms with Gasteiger partial charge < -0.3 is 10.0 Å². The highest BCUT2D eigenvalue weighted by molar-refractivity contribution is 5.81. The fraction of sp³-hybridized carbons (Fsp3) is 0.316. The number of hydrogen-bond donors (Lipinski definition) is 1. The summed E-state index contributed by atoms with van der Waals surface area (Å²) in [7, 11) is 0. The number of halogens is 4. The van der Waals surface area contributed by atoms with Crippen LogP contribution >= 0.6 is 0 Å². The maximum atomic E-state index is 12.9. The molecule has 26 heavy (non-hydrogen) atoms. The first-order valence-corrected chi connectivity index (χ1v) is 8.14. The fourth-order valence-electron chi connectivity index (χ4n) is 3.06. The number of aliphatic hydroxyl groups is 1. The van der Waals surface area contributed by atoms with Crippen molar-refractivity contribution in [3.8, 4) is 0 Å². The molecule has 0 bridgehead atoms. The predicted octanol–water partition coefficient (Wildman–Crippen LogP) is 3.33. The van der Waals surface area contributed by atoms with Gasteiger partial charge in [0.25, 0.3) is 5.91 Å². The average Bonchev–Trinajstić information content (AvgIpc) is 2.61. The van der Waals surface area contributed by atoms with Crippen LogP contribution in [0.3, 0.4) is 0 Å². The lowest BCUT2D eigenvalue weighted by atomic mass is 9.96. The minimum atomic E-state index is -4.40. The van der Waals surface area contributed by atoms with Crippen LogP contribution in [0, 0.1) is 5.82 Å². The van der Waals surface area contributed by atoms with Crippen LogP contribution in [0.25, 0.3) is 0 Å². The predicted molar refractivity (Wildman–Crippen MR) is 86.7 cm³/mol. The van der Waals surface area contributed by atoms with Crippen molar-refractivity contribution in [1.82, 2.24) is 4.90 Å². The molecule has 1 atom stereocenters. The van der Waals surface area contributed by atoms with Gasteiger partial charge in [-0.15, -0.1) is 0 Å². The summed E-state index contributed by atoms with van der Waals surface area (Å²) in [6.45, 7) is 0.403. The van der Waals surface area contributed by atoms with Crippen LogP contribution in [-0.4, -0.2) is 28.6 Å². The average molecular weight is 367 g/mol. The Morgan fingerprint density at radius 1 is 1.12 bits per heavy atom. The van der Waals surface area contributed by atoms with E-state index in [2.05, 4.69) is 0 Å². The molecule has 3 rings (SSSR count). The number of nitrogens with zero attached hydrogens (tertiary/aromatic N) is 1. The van der Waals surface area contributed by atoms with Gasteiger partial charge in [0.1, 0.15) is 11.9 Å². The number of alkyl halides is 3. The van der Waals surface area contributed by atoms with Crippen molar-refractivity contribution in [3.63, 3.8) is 0 Å². The van der Waals surface area contributed by atoms with E-state index >= 15 is 0 Å². The second-order valence-corrected chi connectivity index (χ2v) is 6.34. The first kappa shape index (κ1) is 18.4. The first-order chi connectivity index (χ1) is 12.2. The summed E-state index contributed by atoms with van der Waals surface area (Å²) < 4.78 is 51.2. The molecule has 0 saturated heterocycles. The van der Waals surface area contributed by atoms with Crippen LogP contribution in [0.1, 0.15) is 22.3 Å². The van der Waals surface area contributed by atoms with Gasteiger partial charge in [0.2, 0.25) is 0 Å². The van der Waals surface area contributed by atoms with Crippen molar-refractivity contribution < 1.29 is 27.5 Å². The number of benzene rings is 2. The third kappa shape index (κ3) is 4.04. The molecule has 0 fully saturated rings. The molecule has 0 saturated carbocycles. The number of aliphatic hydroxyl groups excluding tert-OH is 1. The van der Waals surface area contributed by atoms with E-state index in [0.29, 0.717) is 23.1 Å². The van der Waals surface area contributed by atoms with Crippen molar-refractivity contribution in [1.29, 1.82) is 0 Å². The summed E-state index contributed by atoms with van der Waals surface area (Å²) >= 11 is 0. The van der Waals surface area contributed by atoms with E-state index in [9.17, 15) is 27.5 Å². The molecule has 0 radical (unpaired) electrons. The van der Waals surface area contributed by atoms with E-state index in [1.165, 1.54) is 35.2 Å². The van der Waals surface area contributed by atoms with Gasteiger partial charge in [-0.2, -0.15) is 13.2 Å². The lowest BCUT2D eigenvalue weighted by Gasteiger charge is -2.31. The van der Waals surface area contributed by atoms with E-state index in [1.54, 1.807) is 0 Å². The van der Waals surface area contributed by atoms with Gasteiger partial charge in [-0.25, -0.2) is 4.39 Å². The smallest absolute Gasteiger partial charge is 0.383 e. The van der Waals surface area contributed by atoms with Gasteiger partial charge >= 0.3 is 6.18 Å². The van der Waals surface area contributed by atoms with Gasteiger partial charge in [-0.05, 0) is 47.4 Å². The highest BCUT2D eigenvalue weighted by atomic mass is 19.4. The number of fused-ring (bicyclic) bond motifs is 1. The van der Waals surface area contributed by atoms with E-state index in [-0.39, 0.29) is 19.5 Å². The summed E-state index contributed by atoms with van der Waals surface area (Å²) in [5.41, 5.74) is 1.13. The van der Waals surface area contributed by atoms with Crippen LogP contribution in [0.2, 0.25) is 0 Å². The molecule has 2 aromatic rings. The maximum absolute atomic E-state index is 12.9. The molecule has 138 valence electrons. The first-order valence-electron chi connectivity index (χ1n) is 8.14. The Bertz CT molecular complexity index is 802. The van der Waals surface area contributed by atoms with Crippen molar-refractivity contribution in [2.45, 2.75) is 31.7 Å². The molecular weight excluding hydrogens is 350 g/mol. The van der Waals surface area contributed by atoms with Crippen molar-refractivity contribution in [2.75, 3.05) is 6.54 Å². The molecule has 1 N–H and O–H groups in total. The SMILES string of the molecule is O=C(C(O)Cc1ccc(F)cc1)N1CCc2cc(C(F)(F)F)ccc2C1. The number of carbonyl (C=O) groups excluding carboxylic acids is 1. The molecule has 3 nitrogen and oxygen atoms in total. The second-order valence-electron chi connectivity index (χ2n) is 6.34. The zero-order valence-corrected chi connectivity index (χ0v) is 13.8. The summed E-state index contributed by atoms with van der Waals surface area (Å²) in [5, 5.41) is 10.2. The Kier molecular flexibility index (Phi) is 5.00. The van der Waals surface area contributed by atoms with Gasteiger partial charge in [0.15, 0.2) is 0 Å². The number of hydrogen-bond acceptors (Lipinski definition) is 2. The maximum Gasteiger partial charge on any atom is 0.416 e. The van der Waals surface area contributed by atoms with Gasteiger partial charge in [-0.1, -0.05) is 18.2 Å². The molecule has 1 unspecified atom stereocenters. The van der Waals surface area contributed by atoms with Crippen molar-refractivity contribution in [3.05, 3.63) is 70.5 Å². The molecular formula is C19H17F4NO2. The molecule has 0 spiro atoms. The Morgan fingerprint density at radius 3 is 2.46 bits per heavy atom. The highest BCUT2D eigenvalue weighted by Gasteiger charge is 2.32. The third-order valence-electron chi connectivity index (χ3n) is 4.48. The summed E-state index contributed by atoms with van der Waals surface area (Å²) in [6, 6.07) is 8.99. The van der Waals surface area contributed by atoms with Crippen LogP contribution < -0.4 is 0 Å². The minimum Gasteiger partial charge on any atom is -0.383 e. The molecule has 1 heterocycles. The largest absolute Gasteiger partial charge is 0.416 e. The molecule has 2 aromatic carbocycles. The van der Waals surface area contributed by atoms with Crippen LogP contribution in [0.4, 0.5) is 17.6 Å². The van der Waals surface area contributed by atoms with Crippen molar-refractivity contribution in [2.24, 2.45) is 0 Å². The zero-order chi connectivity index (χ0) is 18.9. The lowest BCUT2D eigenvalue weighted by molar-refractivity contribution is -0.141. The Hall–Kier alpha value is -2.41. The molecule has 0 aromatic heterocycles. The van der Waals surface area contributed by atoms with Gasteiger partial charge in [-0.3, -0.25) is 4.79 Å². The topological polar surface area (TPSA) is 40.5 Å². The quantitative estimate of drug-likeness (QED) is 0.846. The van der Waals surface area contributed by atoms with Gasteiger partial charge in [0, 0.05) is 19.5 Å². The Morgan fingerprint density at radius 2 is 1.81 bits per heavy atom. The zero-order valence-electron chi connectivity index (χ0n) is 13.8. The summed E-state index contributed by atoms with van der Waals surface area (Å²) in [6.07, 6.45) is -5.33. The summed E-state index contributed by atoms with van der Waals surface area (Å²) in [4.78, 5) is 13.9. The van der Waals surface area contributed by atoms with E-state index in [1.807, 2.05) is 0 Å². The standard InChI is InChI=1S/C19H17F4NO2/c20-16-5-1-12(2-6-16)9-17(25)18(26)24-8-7-13-10-15(19(21,22)23)4-3-14(13)11-24/h1-6,10,17,25H,7-9,11H2. The lowest BCUT2D eigenvalue weighted by Crippen LogP contribution is -2.43. The normalized spacial score (nSPS) is 15.5. The molecule has 1 aliphatic rings. The number of amides is 1. The fourth-order valence-corrected chi connectivity index (χ4v) is 3.06. The minimum absolute atomic E-state index is 0.0511. The second kappa shape index (κ2) is 7.07. The van der Waals surface area contributed by atoms with Crippen LogP contribution in [-0.2, 0) is 30.4 Å². The van der Waals surface area contributed by atoms with Gasteiger partial charge in [0.05, 0.1) is 5.56 Å². The monoisotopic (exact) mass is 367 g/mol. The number of rotatable bonds is 3.